The van der Waals surface area contributed by atoms with Crippen molar-refractivity contribution in [1.82, 2.24) is 4.98 Å². The molecule has 4 nitrogen and oxygen atoms in total. The second-order valence-electron chi connectivity index (χ2n) is 6.56. The molecular formula is C17H25NO3. The Morgan fingerprint density at radius 1 is 1.29 bits per heavy atom. The van der Waals surface area contributed by atoms with Gasteiger partial charge in [0, 0.05) is 26.0 Å². The molecule has 2 saturated heterocycles. The van der Waals surface area contributed by atoms with Gasteiger partial charge in [-0.3, -0.25) is 4.98 Å². The largest absolute Gasteiger partial charge is 0.387 e. The van der Waals surface area contributed by atoms with Gasteiger partial charge in [0.1, 0.15) is 0 Å². The van der Waals surface area contributed by atoms with Crippen LogP contribution in [0.2, 0.25) is 0 Å². The summed E-state index contributed by atoms with van der Waals surface area (Å²) >= 11 is 0. The van der Waals surface area contributed by atoms with Gasteiger partial charge in [-0.05, 0) is 56.6 Å². The Morgan fingerprint density at radius 2 is 2.05 bits per heavy atom. The van der Waals surface area contributed by atoms with Crippen LogP contribution < -0.4 is 0 Å². The zero-order valence-electron chi connectivity index (χ0n) is 13.0. The van der Waals surface area contributed by atoms with Crippen LogP contribution in [-0.2, 0) is 9.47 Å². The van der Waals surface area contributed by atoms with E-state index < -0.39 is 6.10 Å². The Morgan fingerprint density at radius 3 is 2.76 bits per heavy atom. The minimum Gasteiger partial charge on any atom is -0.387 e. The summed E-state index contributed by atoms with van der Waals surface area (Å²) in [5.41, 5.74) is 2.96. The average Bonchev–Trinajstić information content (AvgIpc) is 2.47. The molecule has 21 heavy (non-hydrogen) atoms. The number of hydrogen-bond donors (Lipinski definition) is 1. The number of ether oxygens (including phenoxy) is 2. The number of aromatic nitrogens is 1. The summed E-state index contributed by atoms with van der Waals surface area (Å²) in [5, 5.41) is 10.8. The van der Waals surface area contributed by atoms with Gasteiger partial charge in [-0.1, -0.05) is 6.07 Å². The first kappa shape index (κ1) is 14.9. The molecule has 4 heteroatoms. The highest BCUT2D eigenvalue weighted by atomic mass is 16.5. The molecule has 2 unspecified atom stereocenters. The molecule has 1 spiro atoms. The van der Waals surface area contributed by atoms with Crippen molar-refractivity contribution in [3.05, 3.63) is 29.1 Å². The summed E-state index contributed by atoms with van der Waals surface area (Å²) in [6, 6.07) is 2.09. The highest BCUT2D eigenvalue weighted by molar-refractivity contribution is 5.25. The third-order valence-corrected chi connectivity index (χ3v) is 4.92. The maximum atomic E-state index is 10.8. The number of nitrogens with zero attached hydrogens (tertiary/aromatic N) is 1. The molecule has 1 N–H and O–H groups in total. The van der Waals surface area contributed by atoms with E-state index in [4.69, 9.17) is 9.47 Å². The summed E-state index contributed by atoms with van der Waals surface area (Å²) < 4.78 is 11.5. The Balaban J connectivity index is 1.76. The highest BCUT2D eigenvalue weighted by Crippen LogP contribution is 2.41. The molecule has 3 rings (SSSR count). The normalized spacial score (nSPS) is 26.7. The van der Waals surface area contributed by atoms with Crippen LogP contribution in [0.5, 0.6) is 0 Å². The van der Waals surface area contributed by atoms with E-state index in [1.165, 1.54) is 0 Å². The minimum atomic E-state index is -0.491. The quantitative estimate of drug-likeness (QED) is 0.910. The molecule has 2 fully saturated rings. The lowest BCUT2D eigenvalue weighted by Crippen LogP contribution is -2.45. The van der Waals surface area contributed by atoms with E-state index in [0.717, 1.165) is 62.3 Å². The summed E-state index contributed by atoms with van der Waals surface area (Å²) in [6.45, 7) is 6.33. The summed E-state index contributed by atoms with van der Waals surface area (Å²) in [6.07, 6.45) is 5.04. The molecule has 2 aliphatic rings. The molecule has 0 radical (unpaired) electrons. The first-order valence-electron chi connectivity index (χ1n) is 7.93. The molecular weight excluding hydrogens is 266 g/mol. The molecule has 1 aromatic heterocycles. The fourth-order valence-corrected chi connectivity index (χ4v) is 3.69. The van der Waals surface area contributed by atoms with Crippen LogP contribution in [0, 0.1) is 19.8 Å². The zero-order valence-corrected chi connectivity index (χ0v) is 13.0. The van der Waals surface area contributed by atoms with Gasteiger partial charge in [0.2, 0.25) is 0 Å². The second-order valence-corrected chi connectivity index (χ2v) is 6.56. The van der Waals surface area contributed by atoms with Gasteiger partial charge in [-0.2, -0.15) is 0 Å². The van der Waals surface area contributed by atoms with E-state index in [1.807, 2.05) is 20.0 Å². The van der Waals surface area contributed by atoms with Crippen LogP contribution in [0.15, 0.2) is 12.3 Å². The van der Waals surface area contributed by atoms with Gasteiger partial charge < -0.3 is 14.6 Å². The zero-order chi connectivity index (χ0) is 14.9. The van der Waals surface area contributed by atoms with Crippen LogP contribution in [0.1, 0.15) is 48.6 Å². The maximum absolute atomic E-state index is 10.8. The molecule has 3 heterocycles. The van der Waals surface area contributed by atoms with Crippen molar-refractivity contribution in [2.24, 2.45) is 5.92 Å². The first-order chi connectivity index (χ1) is 10.1. The smallest absolute Gasteiger partial charge is 0.0992 e. The molecule has 2 aliphatic heterocycles. The Labute approximate surface area is 126 Å². The SMILES string of the molecule is Cc1cnc(C(O)C2CCOC3(CCOCC3)C2)c(C)c1. The molecule has 0 aromatic carbocycles. The maximum Gasteiger partial charge on any atom is 0.0992 e. The molecule has 0 saturated carbocycles. The van der Waals surface area contributed by atoms with Gasteiger partial charge in [0.05, 0.1) is 17.4 Å². The van der Waals surface area contributed by atoms with E-state index >= 15 is 0 Å². The molecule has 0 aliphatic carbocycles. The van der Waals surface area contributed by atoms with Gasteiger partial charge in [-0.15, -0.1) is 0 Å². The monoisotopic (exact) mass is 291 g/mol. The lowest BCUT2D eigenvalue weighted by molar-refractivity contribution is -0.159. The Kier molecular flexibility index (Phi) is 4.29. The fraction of sp³-hybridized carbons (Fsp3) is 0.706. The molecule has 1 aromatic rings. The Hall–Kier alpha value is -0.970. The van der Waals surface area contributed by atoms with Crippen molar-refractivity contribution in [1.29, 1.82) is 0 Å². The van der Waals surface area contributed by atoms with Crippen molar-refractivity contribution in [3.63, 3.8) is 0 Å². The predicted molar refractivity (Wildman–Crippen MR) is 80.1 cm³/mol. The van der Waals surface area contributed by atoms with Gasteiger partial charge >= 0.3 is 0 Å². The van der Waals surface area contributed by atoms with Crippen LogP contribution >= 0.6 is 0 Å². The van der Waals surface area contributed by atoms with E-state index in [1.54, 1.807) is 0 Å². The highest BCUT2D eigenvalue weighted by Gasteiger charge is 2.41. The predicted octanol–water partition coefficient (Wildman–Crippen LogP) is 2.71. The minimum absolute atomic E-state index is 0.0826. The van der Waals surface area contributed by atoms with E-state index in [-0.39, 0.29) is 11.5 Å². The molecule has 2 atom stereocenters. The topological polar surface area (TPSA) is 51.6 Å². The number of aliphatic hydroxyl groups excluding tert-OH is 1. The first-order valence-corrected chi connectivity index (χ1v) is 7.93. The number of aryl methyl sites for hydroxylation is 2. The van der Waals surface area contributed by atoms with Crippen LogP contribution in [0.25, 0.3) is 0 Å². The molecule has 116 valence electrons. The Bertz CT molecular complexity index is 491. The van der Waals surface area contributed by atoms with Crippen LogP contribution in [0.3, 0.4) is 0 Å². The van der Waals surface area contributed by atoms with E-state index in [0.29, 0.717) is 0 Å². The van der Waals surface area contributed by atoms with E-state index in [2.05, 4.69) is 11.1 Å². The van der Waals surface area contributed by atoms with Gasteiger partial charge in [0.15, 0.2) is 0 Å². The van der Waals surface area contributed by atoms with Crippen molar-refractivity contribution in [3.8, 4) is 0 Å². The third kappa shape index (κ3) is 3.12. The number of aliphatic hydroxyl groups is 1. The fourth-order valence-electron chi connectivity index (χ4n) is 3.69. The lowest BCUT2D eigenvalue weighted by Gasteiger charge is -2.44. The standard InChI is InChI=1S/C17H25NO3/c1-12-9-13(2)15(18-11-12)16(19)14-3-6-21-17(10-14)4-7-20-8-5-17/h9,11,14,16,19H,3-8,10H2,1-2H3. The van der Waals surface area contributed by atoms with Crippen molar-refractivity contribution < 1.29 is 14.6 Å². The molecule has 0 amide bonds. The second kappa shape index (κ2) is 6.03. The van der Waals surface area contributed by atoms with Gasteiger partial charge in [-0.25, -0.2) is 0 Å². The van der Waals surface area contributed by atoms with Crippen LogP contribution in [0.4, 0.5) is 0 Å². The van der Waals surface area contributed by atoms with Crippen molar-refractivity contribution in [2.75, 3.05) is 19.8 Å². The van der Waals surface area contributed by atoms with Gasteiger partial charge in [0.25, 0.3) is 0 Å². The summed E-state index contributed by atoms with van der Waals surface area (Å²) in [7, 11) is 0. The van der Waals surface area contributed by atoms with Crippen LogP contribution in [-0.4, -0.2) is 35.5 Å². The van der Waals surface area contributed by atoms with Crippen molar-refractivity contribution in [2.45, 2.75) is 51.2 Å². The number of rotatable bonds is 2. The third-order valence-electron chi connectivity index (χ3n) is 4.92. The summed E-state index contributed by atoms with van der Waals surface area (Å²) in [5.74, 6) is 0.228. The van der Waals surface area contributed by atoms with E-state index in [9.17, 15) is 5.11 Å². The molecule has 0 bridgehead atoms. The summed E-state index contributed by atoms with van der Waals surface area (Å²) in [4.78, 5) is 4.47. The average molecular weight is 291 g/mol. The lowest BCUT2D eigenvalue weighted by atomic mass is 9.77. The number of hydrogen-bond acceptors (Lipinski definition) is 4. The van der Waals surface area contributed by atoms with Crippen molar-refractivity contribution >= 4 is 0 Å². The number of pyridine rings is 1.